The van der Waals surface area contributed by atoms with E-state index in [0.29, 0.717) is 0 Å². The summed E-state index contributed by atoms with van der Waals surface area (Å²) in [5, 5.41) is 12.4. The fraction of sp³-hybridized carbons (Fsp3) is 0.444. The number of pyridine rings is 1. The minimum absolute atomic E-state index is 0.0290. The van der Waals surface area contributed by atoms with Gasteiger partial charge < -0.3 is 10.4 Å². The number of likely N-dealkylation sites (N-methyl/N-ethyl adjacent to an activating group) is 1. The van der Waals surface area contributed by atoms with E-state index in [-0.39, 0.29) is 6.04 Å². The molecule has 3 nitrogen and oxygen atoms in total. The maximum absolute atomic E-state index is 9.38. The van der Waals surface area contributed by atoms with Gasteiger partial charge in [-0.1, -0.05) is 6.07 Å². The van der Waals surface area contributed by atoms with E-state index in [1.54, 1.807) is 19.3 Å². The Hall–Kier alpha value is -0.930. The first-order chi connectivity index (χ1) is 5.75. The lowest BCUT2D eigenvalue weighted by Gasteiger charge is -2.18. The molecule has 0 saturated heterocycles. The predicted octanol–water partition coefficient (Wildman–Crippen LogP) is 0.723. The summed E-state index contributed by atoms with van der Waals surface area (Å²) in [4.78, 5) is 3.98. The molecule has 0 bridgehead atoms. The molecule has 1 aromatic rings. The first-order valence-corrected chi connectivity index (χ1v) is 4.01. The Morgan fingerprint density at radius 3 is 2.75 bits per heavy atom. The molecular weight excluding hydrogens is 152 g/mol. The number of aliphatic hydroxyl groups excluding tert-OH is 1. The molecule has 0 aliphatic rings. The second kappa shape index (κ2) is 4.18. The van der Waals surface area contributed by atoms with E-state index in [1.165, 1.54) is 0 Å². The van der Waals surface area contributed by atoms with Crippen molar-refractivity contribution in [1.29, 1.82) is 0 Å². The van der Waals surface area contributed by atoms with Gasteiger partial charge in [0.05, 0.1) is 12.1 Å². The van der Waals surface area contributed by atoms with E-state index in [1.807, 2.05) is 19.2 Å². The van der Waals surface area contributed by atoms with Gasteiger partial charge in [-0.2, -0.15) is 0 Å². The normalized spacial score (nSPS) is 15.6. The van der Waals surface area contributed by atoms with Crippen LogP contribution in [0.25, 0.3) is 0 Å². The Balaban J connectivity index is 2.80. The molecule has 12 heavy (non-hydrogen) atoms. The molecule has 0 spiro atoms. The van der Waals surface area contributed by atoms with Gasteiger partial charge in [0.2, 0.25) is 0 Å². The molecule has 1 rings (SSSR count). The number of nitrogens with zero attached hydrogens (tertiary/aromatic N) is 1. The molecule has 66 valence electrons. The molecule has 0 aliphatic carbocycles. The first kappa shape index (κ1) is 9.16. The van der Waals surface area contributed by atoms with Crippen molar-refractivity contribution in [3.05, 3.63) is 30.1 Å². The van der Waals surface area contributed by atoms with Gasteiger partial charge in [0.25, 0.3) is 0 Å². The Bertz CT molecular complexity index is 223. The van der Waals surface area contributed by atoms with Crippen LogP contribution in [0.15, 0.2) is 24.5 Å². The van der Waals surface area contributed by atoms with E-state index in [0.717, 1.165) is 5.56 Å². The highest BCUT2D eigenvalue weighted by molar-refractivity contribution is 5.14. The number of aromatic nitrogens is 1. The van der Waals surface area contributed by atoms with E-state index in [2.05, 4.69) is 10.3 Å². The van der Waals surface area contributed by atoms with Crippen molar-refractivity contribution in [2.75, 3.05) is 7.05 Å². The minimum atomic E-state index is -0.404. The van der Waals surface area contributed by atoms with Gasteiger partial charge in [0.1, 0.15) is 0 Å². The molecular formula is C9H14N2O. The molecule has 0 amide bonds. The molecule has 3 heteroatoms. The summed E-state index contributed by atoms with van der Waals surface area (Å²) in [6.07, 6.45) is 3.07. The zero-order valence-electron chi connectivity index (χ0n) is 7.36. The highest BCUT2D eigenvalue weighted by Crippen LogP contribution is 2.14. The van der Waals surface area contributed by atoms with Gasteiger partial charge in [-0.05, 0) is 25.6 Å². The summed E-state index contributed by atoms with van der Waals surface area (Å²) < 4.78 is 0. The standard InChI is InChI=1S/C9H14N2O/c1-7(12)9(10-2)8-4-3-5-11-6-8/h3-7,9-10,12H,1-2H3. The number of hydrogen-bond acceptors (Lipinski definition) is 3. The van der Waals surface area contributed by atoms with Crippen LogP contribution in [-0.4, -0.2) is 23.2 Å². The largest absolute Gasteiger partial charge is 0.391 e. The highest BCUT2D eigenvalue weighted by atomic mass is 16.3. The van der Waals surface area contributed by atoms with Crippen LogP contribution in [0.5, 0.6) is 0 Å². The van der Waals surface area contributed by atoms with Gasteiger partial charge >= 0.3 is 0 Å². The van der Waals surface area contributed by atoms with E-state index >= 15 is 0 Å². The molecule has 2 atom stereocenters. The monoisotopic (exact) mass is 166 g/mol. The topological polar surface area (TPSA) is 45.2 Å². The van der Waals surface area contributed by atoms with Crippen molar-refractivity contribution in [2.45, 2.75) is 19.1 Å². The van der Waals surface area contributed by atoms with Crippen molar-refractivity contribution in [3.8, 4) is 0 Å². The molecule has 0 radical (unpaired) electrons. The van der Waals surface area contributed by atoms with E-state index in [4.69, 9.17) is 0 Å². The number of hydrogen-bond donors (Lipinski definition) is 2. The zero-order chi connectivity index (χ0) is 8.97. The second-order valence-electron chi connectivity index (χ2n) is 2.79. The maximum atomic E-state index is 9.38. The van der Waals surface area contributed by atoms with Crippen LogP contribution in [0.2, 0.25) is 0 Å². The number of rotatable bonds is 3. The molecule has 2 N–H and O–H groups in total. The quantitative estimate of drug-likeness (QED) is 0.695. The summed E-state index contributed by atoms with van der Waals surface area (Å²) in [7, 11) is 1.82. The molecule has 2 unspecified atom stereocenters. The third kappa shape index (κ3) is 2.03. The second-order valence-corrected chi connectivity index (χ2v) is 2.79. The molecule has 1 aromatic heterocycles. The van der Waals surface area contributed by atoms with Crippen molar-refractivity contribution in [1.82, 2.24) is 10.3 Å². The van der Waals surface area contributed by atoms with Crippen molar-refractivity contribution < 1.29 is 5.11 Å². The fourth-order valence-electron chi connectivity index (χ4n) is 1.25. The summed E-state index contributed by atoms with van der Waals surface area (Å²) in [5.41, 5.74) is 1.01. The number of nitrogens with one attached hydrogen (secondary N) is 1. The van der Waals surface area contributed by atoms with Crippen molar-refractivity contribution in [3.63, 3.8) is 0 Å². The van der Waals surface area contributed by atoms with E-state index < -0.39 is 6.10 Å². The van der Waals surface area contributed by atoms with Gasteiger partial charge in [-0.3, -0.25) is 4.98 Å². The Kier molecular flexibility index (Phi) is 3.19. The van der Waals surface area contributed by atoms with E-state index in [9.17, 15) is 5.11 Å². The third-order valence-electron chi connectivity index (χ3n) is 1.84. The van der Waals surface area contributed by atoms with Crippen LogP contribution < -0.4 is 5.32 Å². The predicted molar refractivity (Wildman–Crippen MR) is 47.7 cm³/mol. The SMILES string of the molecule is CNC(c1cccnc1)C(C)O. The van der Waals surface area contributed by atoms with Crippen LogP contribution in [-0.2, 0) is 0 Å². The summed E-state index contributed by atoms with van der Waals surface area (Å²) in [6, 6.07) is 3.78. The van der Waals surface area contributed by atoms with Crippen LogP contribution in [0.3, 0.4) is 0 Å². The molecule has 0 saturated carbocycles. The van der Waals surface area contributed by atoms with Gasteiger partial charge in [0.15, 0.2) is 0 Å². The lowest BCUT2D eigenvalue weighted by Crippen LogP contribution is -2.26. The van der Waals surface area contributed by atoms with Crippen LogP contribution in [0.4, 0.5) is 0 Å². The zero-order valence-corrected chi connectivity index (χ0v) is 7.36. The van der Waals surface area contributed by atoms with Gasteiger partial charge in [-0.25, -0.2) is 0 Å². The Morgan fingerprint density at radius 1 is 1.58 bits per heavy atom. The maximum Gasteiger partial charge on any atom is 0.0707 e. The van der Waals surface area contributed by atoms with Crippen LogP contribution in [0.1, 0.15) is 18.5 Å². The fourth-order valence-corrected chi connectivity index (χ4v) is 1.25. The summed E-state index contributed by atoms with van der Waals surface area (Å²) in [5.74, 6) is 0. The molecule has 0 aliphatic heterocycles. The lowest BCUT2D eigenvalue weighted by atomic mass is 10.1. The molecule has 0 aromatic carbocycles. The summed E-state index contributed by atoms with van der Waals surface area (Å²) >= 11 is 0. The Labute approximate surface area is 72.5 Å². The Morgan fingerprint density at radius 2 is 2.33 bits per heavy atom. The molecule has 0 fully saturated rings. The average molecular weight is 166 g/mol. The smallest absolute Gasteiger partial charge is 0.0707 e. The van der Waals surface area contributed by atoms with Gasteiger partial charge in [-0.15, -0.1) is 0 Å². The van der Waals surface area contributed by atoms with Crippen molar-refractivity contribution in [2.24, 2.45) is 0 Å². The number of aliphatic hydroxyl groups is 1. The molecule has 1 heterocycles. The van der Waals surface area contributed by atoms with Gasteiger partial charge in [0, 0.05) is 12.4 Å². The van der Waals surface area contributed by atoms with Crippen LogP contribution >= 0.6 is 0 Å². The van der Waals surface area contributed by atoms with Crippen molar-refractivity contribution >= 4 is 0 Å². The third-order valence-corrected chi connectivity index (χ3v) is 1.84. The minimum Gasteiger partial charge on any atom is -0.391 e. The summed E-state index contributed by atoms with van der Waals surface area (Å²) in [6.45, 7) is 1.76. The van der Waals surface area contributed by atoms with Crippen LogP contribution in [0, 0.1) is 0 Å². The highest BCUT2D eigenvalue weighted by Gasteiger charge is 2.13. The lowest BCUT2D eigenvalue weighted by molar-refractivity contribution is 0.150. The average Bonchev–Trinajstić information content (AvgIpc) is 2.07. The first-order valence-electron chi connectivity index (χ1n) is 4.01.